The summed E-state index contributed by atoms with van der Waals surface area (Å²) < 4.78 is 0. The minimum Gasteiger partial charge on any atom is -0.368 e. The first-order valence-corrected chi connectivity index (χ1v) is 3.14. The van der Waals surface area contributed by atoms with Crippen molar-refractivity contribution in [3.05, 3.63) is 37.2 Å². The van der Waals surface area contributed by atoms with Crippen LogP contribution in [0.1, 0.15) is 6.42 Å². The van der Waals surface area contributed by atoms with E-state index in [4.69, 9.17) is 0 Å². The van der Waals surface area contributed by atoms with Gasteiger partial charge < -0.3 is 5.32 Å². The fourth-order valence-electron chi connectivity index (χ4n) is 0.828. The van der Waals surface area contributed by atoms with E-state index in [1.165, 1.54) is 0 Å². The molecule has 1 rings (SSSR count). The van der Waals surface area contributed by atoms with E-state index in [0.29, 0.717) is 5.92 Å². The highest BCUT2D eigenvalue weighted by Gasteiger charge is 1.97. The molecule has 0 saturated heterocycles. The molecule has 9 heavy (non-hydrogen) atoms. The Bertz CT molecular complexity index is 133. The number of allylic oxidation sites excluding steroid dienone is 3. The quantitative estimate of drug-likeness (QED) is 0.549. The molecule has 0 saturated carbocycles. The van der Waals surface area contributed by atoms with Gasteiger partial charge in [0, 0.05) is 5.92 Å². The van der Waals surface area contributed by atoms with Gasteiger partial charge in [-0.2, -0.15) is 0 Å². The third-order valence-corrected chi connectivity index (χ3v) is 1.32. The van der Waals surface area contributed by atoms with Crippen molar-refractivity contribution in [3.8, 4) is 0 Å². The van der Waals surface area contributed by atoms with Crippen molar-refractivity contribution in [2.75, 3.05) is 0 Å². The minimum atomic E-state index is 0.559. The smallest absolute Gasteiger partial charge is 0.00156 e. The fourth-order valence-corrected chi connectivity index (χ4v) is 0.828. The van der Waals surface area contributed by atoms with Gasteiger partial charge >= 0.3 is 0 Å². The van der Waals surface area contributed by atoms with Crippen LogP contribution in [-0.4, -0.2) is 0 Å². The van der Waals surface area contributed by atoms with Crippen LogP contribution in [0.4, 0.5) is 0 Å². The minimum absolute atomic E-state index is 0.559. The van der Waals surface area contributed by atoms with Gasteiger partial charge in [-0.25, -0.2) is 0 Å². The van der Waals surface area contributed by atoms with E-state index in [9.17, 15) is 0 Å². The van der Waals surface area contributed by atoms with Crippen molar-refractivity contribution >= 4 is 0 Å². The van der Waals surface area contributed by atoms with Crippen LogP contribution in [0.2, 0.25) is 0 Å². The average molecular weight is 121 g/mol. The summed E-state index contributed by atoms with van der Waals surface area (Å²) >= 11 is 0. The maximum Gasteiger partial charge on any atom is 0.00156 e. The molecule has 1 heterocycles. The van der Waals surface area contributed by atoms with Crippen LogP contribution < -0.4 is 5.32 Å². The normalized spacial score (nSPS) is 17.3. The number of dihydropyridines is 1. The first-order valence-electron chi connectivity index (χ1n) is 3.14. The molecule has 1 N–H and O–H groups in total. The van der Waals surface area contributed by atoms with Gasteiger partial charge in [0.15, 0.2) is 0 Å². The van der Waals surface area contributed by atoms with E-state index in [1.54, 1.807) is 0 Å². The molecule has 0 aliphatic carbocycles. The van der Waals surface area contributed by atoms with Gasteiger partial charge in [0.05, 0.1) is 0 Å². The highest BCUT2D eigenvalue weighted by Crippen LogP contribution is 2.08. The van der Waals surface area contributed by atoms with Crippen molar-refractivity contribution in [2.45, 2.75) is 6.42 Å². The summed E-state index contributed by atoms with van der Waals surface area (Å²) in [4.78, 5) is 0. The first kappa shape index (κ1) is 6.14. The zero-order valence-electron chi connectivity index (χ0n) is 5.38. The van der Waals surface area contributed by atoms with Gasteiger partial charge in [0.25, 0.3) is 0 Å². The summed E-state index contributed by atoms with van der Waals surface area (Å²) in [6.45, 7) is 3.67. The fraction of sp³-hybridized carbons (Fsp3) is 0.250. The standard InChI is InChI=1S/C8H11N/c1-2-3-8-4-6-9-7-5-8/h2,4-9H,1,3H2. The van der Waals surface area contributed by atoms with Crippen molar-refractivity contribution in [3.63, 3.8) is 0 Å². The van der Waals surface area contributed by atoms with Crippen LogP contribution in [0.25, 0.3) is 0 Å². The van der Waals surface area contributed by atoms with E-state index >= 15 is 0 Å². The van der Waals surface area contributed by atoms with Crippen molar-refractivity contribution in [1.29, 1.82) is 0 Å². The lowest BCUT2D eigenvalue weighted by molar-refractivity contribution is 0.803. The van der Waals surface area contributed by atoms with Crippen LogP contribution in [0, 0.1) is 5.92 Å². The summed E-state index contributed by atoms with van der Waals surface area (Å²) in [5, 5.41) is 2.98. The molecular formula is C8H11N. The highest BCUT2D eigenvalue weighted by atomic mass is 14.8. The Labute approximate surface area is 55.8 Å². The summed E-state index contributed by atoms with van der Waals surface area (Å²) in [5.41, 5.74) is 0. The highest BCUT2D eigenvalue weighted by molar-refractivity contribution is 5.07. The Balaban J connectivity index is 2.39. The second kappa shape index (κ2) is 3.13. The van der Waals surface area contributed by atoms with Crippen LogP contribution in [0.3, 0.4) is 0 Å². The molecule has 1 nitrogen and oxygen atoms in total. The molecule has 0 radical (unpaired) electrons. The Hall–Kier alpha value is -0.980. The Morgan fingerprint density at radius 1 is 1.44 bits per heavy atom. The number of hydrogen-bond acceptors (Lipinski definition) is 1. The van der Waals surface area contributed by atoms with E-state index in [2.05, 4.69) is 24.0 Å². The summed E-state index contributed by atoms with van der Waals surface area (Å²) in [5.74, 6) is 0.559. The van der Waals surface area contributed by atoms with E-state index in [0.717, 1.165) is 6.42 Å². The second-order valence-corrected chi connectivity index (χ2v) is 2.07. The molecule has 0 unspecified atom stereocenters. The first-order chi connectivity index (χ1) is 4.43. The van der Waals surface area contributed by atoms with Crippen LogP contribution >= 0.6 is 0 Å². The monoisotopic (exact) mass is 121 g/mol. The topological polar surface area (TPSA) is 12.0 Å². The molecule has 0 aromatic rings. The molecule has 0 fully saturated rings. The Morgan fingerprint density at radius 3 is 2.67 bits per heavy atom. The predicted octanol–water partition coefficient (Wildman–Crippen LogP) is 1.81. The number of nitrogens with one attached hydrogen (secondary N) is 1. The van der Waals surface area contributed by atoms with Crippen LogP contribution in [0.15, 0.2) is 37.2 Å². The van der Waals surface area contributed by atoms with Gasteiger partial charge in [-0.05, 0) is 18.8 Å². The van der Waals surface area contributed by atoms with Gasteiger partial charge in [-0.1, -0.05) is 18.2 Å². The van der Waals surface area contributed by atoms with Crippen molar-refractivity contribution < 1.29 is 0 Å². The predicted molar refractivity (Wildman–Crippen MR) is 39.7 cm³/mol. The SMILES string of the molecule is C=CCC1C=CNC=C1. The van der Waals surface area contributed by atoms with Gasteiger partial charge in [0.1, 0.15) is 0 Å². The molecule has 1 aliphatic rings. The largest absolute Gasteiger partial charge is 0.368 e. The average Bonchev–Trinajstić information content (AvgIpc) is 1.91. The van der Waals surface area contributed by atoms with Gasteiger partial charge in [0.2, 0.25) is 0 Å². The van der Waals surface area contributed by atoms with Crippen LogP contribution in [-0.2, 0) is 0 Å². The molecule has 0 spiro atoms. The van der Waals surface area contributed by atoms with E-state index < -0.39 is 0 Å². The Kier molecular flexibility index (Phi) is 2.13. The summed E-state index contributed by atoms with van der Waals surface area (Å²) in [6, 6.07) is 0. The molecule has 0 atom stereocenters. The zero-order chi connectivity index (χ0) is 6.53. The molecule has 0 bridgehead atoms. The lowest BCUT2D eigenvalue weighted by atomic mass is 10.1. The summed E-state index contributed by atoms with van der Waals surface area (Å²) in [6.07, 6.45) is 11.1. The van der Waals surface area contributed by atoms with Crippen molar-refractivity contribution in [1.82, 2.24) is 5.32 Å². The maximum absolute atomic E-state index is 3.67. The molecule has 1 heteroatoms. The van der Waals surface area contributed by atoms with Gasteiger partial charge in [-0.15, -0.1) is 6.58 Å². The number of rotatable bonds is 2. The molecule has 48 valence electrons. The Morgan fingerprint density at radius 2 is 2.11 bits per heavy atom. The third kappa shape index (κ3) is 1.76. The second-order valence-electron chi connectivity index (χ2n) is 2.07. The zero-order valence-corrected chi connectivity index (χ0v) is 5.38. The van der Waals surface area contributed by atoms with E-state index in [1.807, 2.05) is 18.5 Å². The van der Waals surface area contributed by atoms with Gasteiger partial charge in [-0.3, -0.25) is 0 Å². The molecule has 0 aromatic carbocycles. The summed E-state index contributed by atoms with van der Waals surface area (Å²) in [7, 11) is 0. The van der Waals surface area contributed by atoms with Crippen molar-refractivity contribution in [2.24, 2.45) is 5.92 Å². The lowest BCUT2D eigenvalue weighted by Crippen LogP contribution is -2.02. The van der Waals surface area contributed by atoms with Crippen LogP contribution in [0.5, 0.6) is 0 Å². The molecule has 1 aliphatic heterocycles. The molecule has 0 amide bonds. The molecule has 0 aromatic heterocycles. The molecular weight excluding hydrogens is 110 g/mol. The number of hydrogen-bond donors (Lipinski definition) is 1. The maximum atomic E-state index is 3.67. The third-order valence-electron chi connectivity index (χ3n) is 1.32. The lowest BCUT2D eigenvalue weighted by Gasteiger charge is -2.07. The van der Waals surface area contributed by atoms with E-state index in [-0.39, 0.29) is 0 Å².